The Labute approximate surface area is 200 Å². The van der Waals surface area contributed by atoms with Gasteiger partial charge in [-0.25, -0.2) is 17.6 Å². The normalized spacial score (nSPS) is 9.52. The van der Waals surface area contributed by atoms with Crippen LogP contribution in [0.5, 0.6) is 0 Å². The van der Waals surface area contributed by atoms with Gasteiger partial charge in [-0.15, -0.1) is 0 Å². The molecule has 0 saturated heterocycles. The minimum absolute atomic E-state index is 0. The quantitative estimate of drug-likeness (QED) is 0.265. The first-order valence-electron chi connectivity index (χ1n) is 9.05. The van der Waals surface area contributed by atoms with E-state index in [1.807, 2.05) is 0 Å². The SMILES string of the molecule is N#Cc1c(F)cc(-c2ccccn2)cc1F.N#Cc1c(F)cc(-c2ccccn2)cc1F.[Ir]. The van der Waals surface area contributed by atoms with Gasteiger partial charge in [-0.1, -0.05) is 12.1 Å². The van der Waals surface area contributed by atoms with E-state index in [9.17, 15) is 17.6 Å². The summed E-state index contributed by atoms with van der Waals surface area (Å²) >= 11 is 0. The van der Waals surface area contributed by atoms with Crippen LogP contribution in [-0.2, 0) is 20.1 Å². The Bertz CT molecular complexity index is 1180. The van der Waals surface area contributed by atoms with E-state index in [4.69, 9.17) is 10.5 Å². The molecule has 9 heteroatoms. The second kappa shape index (κ2) is 11.6. The maximum atomic E-state index is 13.3. The minimum Gasteiger partial charge on any atom is -0.256 e. The average molecular weight is 625 g/mol. The van der Waals surface area contributed by atoms with Gasteiger partial charge in [0.2, 0.25) is 0 Å². The van der Waals surface area contributed by atoms with Crippen molar-refractivity contribution in [3.63, 3.8) is 0 Å². The molecular formula is C24H12F4IrN4. The molecule has 0 aliphatic heterocycles. The van der Waals surface area contributed by atoms with E-state index in [-0.39, 0.29) is 20.1 Å². The van der Waals surface area contributed by atoms with Crippen LogP contribution in [0.3, 0.4) is 0 Å². The molecule has 4 nitrogen and oxygen atoms in total. The summed E-state index contributed by atoms with van der Waals surface area (Å²) in [5.74, 6) is -3.49. The van der Waals surface area contributed by atoms with Gasteiger partial charge in [0.25, 0.3) is 0 Å². The zero-order valence-electron chi connectivity index (χ0n) is 16.6. The number of aromatic nitrogens is 2. The van der Waals surface area contributed by atoms with E-state index in [1.165, 1.54) is 24.5 Å². The summed E-state index contributed by atoms with van der Waals surface area (Å²) in [5, 5.41) is 17.0. The van der Waals surface area contributed by atoms with E-state index in [0.29, 0.717) is 22.5 Å². The largest absolute Gasteiger partial charge is 0.256 e. The third kappa shape index (κ3) is 6.08. The molecule has 0 spiro atoms. The first-order valence-corrected chi connectivity index (χ1v) is 9.05. The standard InChI is InChI=1S/2C12H6F2N2.Ir/c2*13-10-5-8(6-11(14)9(10)7-15)12-3-1-2-4-16-12;/h2*1-6H;. The van der Waals surface area contributed by atoms with Gasteiger partial charge in [-0.2, -0.15) is 10.5 Å². The average Bonchev–Trinajstić information content (AvgIpc) is 2.80. The van der Waals surface area contributed by atoms with E-state index in [0.717, 1.165) is 24.3 Å². The zero-order valence-corrected chi connectivity index (χ0v) is 19.0. The van der Waals surface area contributed by atoms with Crippen molar-refractivity contribution in [2.75, 3.05) is 0 Å². The Kier molecular flexibility index (Phi) is 8.94. The second-order valence-corrected chi connectivity index (χ2v) is 6.28. The molecule has 0 fully saturated rings. The Morgan fingerprint density at radius 3 is 1.15 bits per heavy atom. The van der Waals surface area contributed by atoms with Crippen molar-refractivity contribution in [2.45, 2.75) is 0 Å². The number of benzene rings is 2. The molecule has 0 atom stereocenters. The molecule has 165 valence electrons. The summed E-state index contributed by atoms with van der Waals surface area (Å²) in [6, 6.07) is 17.5. The number of nitriles is 2. The number of pyridine rings is 2. The summed E-state index contributed by atoms with van der Waals surface area (Å²) in [5.41, 5.74) is 0.415. The van der Waals surface area contributed by atoms with Gasteiger partial charge in [-0.3, -0.25) is 9.97 Å². The smallest absolute Gasteiger partial charge is 0.144 e. The molecular weight excluding hydrogens is 613 g/mol. The molecule has 0 aliphatic carbocycles. The van der Waals surface area contributed by atoms with Crippen LogP contribution in [0.4, 0.5) is 17.6 Å². The molecule has 2 aromatic heterocycles. The molecule has 0 bridgehead atoms. The van der Waals surface area contributed by atoms with Gasteiger partial charge >= 0.3 is 0 Å². The Balaban J connectivity index is 0.000000227. The molecule has 0 unspecified atom stereocenters. The molecule has 2 heterocycles. The number of rotatable bonds is 2. The monoisotopic (exact) mass is 625 g/mol. The van der Waals surface area contributed by atoms with E-state index in [1.54, 1.807) is 36.4 Å². The van der Waals surface area contributed by atoms with Crippen LogP contribution in [-0.4, -0.2) is 9.97 Å². The van der Waals surface area contributed by atoms with Crippen LogP contribution >= 0.6 is 0 Å². The molecule has 0 saturated carbocycles. The van der Waals surface area contributed by atoms with Crippen LogP contribution in [0.1, 0.15) is 11.1 Å². The van der Waals surface area contributed by atoms with E-state index < -0.39 is 34.4 Å². The third-order valence-electron chi connectivity index (χ3n) is 4.23. The number of hydrogen-bond acceptors (Lipinski definition) is 4. The van der Waals surface area contributed by atoms with Gasteiger partial charge < -0.3 is 0 Å². The number of hydrogen-bond donors (Lipinski definition) is 0. The third-order valence-corrected chi connectivity index (χ3v) is 4.23. The van der Waals surface area contributed by atoms with Crippen LogP contribution in [0.2, 0.25) is 0 Å². The zero-order chi connectivity index (χ0) is 23.1. The van der Waals surface area contributed by atoms with Crippen LogP contribution < -0.4 is 0 Å². The van der Waals surface area contributed by atoms with Crippen molar-refractivity contribution in [2.24, 2.45) is 0 Å². The summed E-state index contributed by atoms with van der Waals surface area (Å²) in [7, 11) is 0. The van der Waals surface area contributed by atoms with E-state index >= 15 is 0 Å². The Hall–Kier alpha value is -3.91. The van der Waals surface area contributed by atoms with Crippen molar-refractivity contribution < 1.29 is 37.7 Å². The van der Waals surface area contributed by atoms with Gasteiger partial charge in [-0.05, 0) is 48.5 Å². The molecule has 0 amide bonds. The van der Waals surface area contributed by atoms with Crippen molar-refractivity contribution in [1.82, 2.24) is 9.97 Å². The predicted molar refractivity (Wildman–Crippen MR) is 109 cm³/mol. The molecule has 2 aromatic carbocycles. The van der Waals surface area contributed by atoms with Gasteiger partial charge in [0.05, 0.1) is 11.4 Å². The molecule has 0 aliphatic rings. The predicted octanol–water partition coefficient (Wildman–Crippen LogP) is 5.79. The fourth-order valence-electron chi connectivity index (χ4n) is 2.72. The number of nitrogens with zero attached hydrogens (tertiary/aromatic N) is 4. The minimum atomic E-state index is -0.872. The van der Waals surface area contributed by atoms with Crippen molar-refractivity contribution >= 4 is 0 Å². The molecule has 0 N–H and O–H groups in total. The van der Waals surface area contributed by atoms with Crippen molar-refractivity contribution in [3.05, 3.63) is 107 Å². The Morgan fingerprint density at radius 2 is 0.909 bits per heavy atom. The molecule has 33 heavy (non-hydrogen) atoms. The molecule has 4 rings (SSSR count). The summed E-state index contributed by atoms with van der Waals surface area (Å²) in [6.07, 6.45) is 3.06. The van der Waals surface area contributed by atoms with Crippen LogP contribution in [0, 0.1) is 45.9 Å². The maximum Gasteiger partial charge on any atom is 0.144 e. The summed E-state index contributed by atoms with van der Waals surface area (Å²) < 4.78 is 53.2. The van der Waals surface area contributed by atoms with Gasteiger partial charge in [0, 0.05) is 43.6 Å². The maximum absolute atomic E-state index is 13.3. The molecule has 1 radical (unpaired) electrons. The topological polar surface area (TPSA) is 73.4 Å². The first kappa shape index (κ1) is 25.4. The number of halogens is 4. The molecule has 4 aromatic rings. The summed E-state index contributed by atoms with van der Waals surface area (Å²) in [6.45, 7) is 0. The van der Waals surface area contributed by atoms with Gasteiger partial charge in [0.15, 0.2) is 0 Å². The van der Waals surface area contributed by atoms with Crippen molar-refractivity contribution in [3.8, 4) is 34.7 Å². The Morgan fingerprint density at radius 1 is 0.576 bits per heavy atom. The van der Waals surface area contributed by atoms with E-state index in [2.05, 4.69) is 9.97 Å². The first-order chi connectivity index (χ1) is 15.4. The van der Waals surface area contributed by atoms with Crippen molar-refractivity contribution in [1.29, 1.82) is 10.5 Å². The second-order valence-electron chi connectivity index (χ2n) is 6.28. The van der Waals surface area contributed by atoms with Gasteiger partial charge in [0.1, 0.15) is 46.5 Å². The fourth-order valence-corrected chi connectivity index (χ4v) is 2.72. The summed E-state index contributed by atoms with van der Waals surface area (Å²) in [4.78, 5) is 7.94. The van der Waals surface area contributed by atoms with Crippen LogP contribution in [0.15, 0.2) is 73.1 Å². The fraction of sp³-hybridized carbons (Fsp3) is 0. The van der Waals surface area contributed by atoms with Crippen LogP contribution in [0.25, 0.3) is 22.5 Å².